The Hall–Kier alpha value is -0.290. The average molecular weight is 345 g/mol. The van der Waals surface area contributed by atoms with Crippen LogP contribution in [0.1, 0.15) is 37.9 Å². The minimum Gasteiger partial charge on any atom is -0.259 e. The normalized spacial score (nSPS) is 15.8. The van der Waals surface area contributed by atoms with E-state index in [9.17, 15) is 13.2 Å². The Kier molecular flexibility index (Phi) is 5.06. The van der Waals surface area contributed by atoms with Crippen LogP contribution in [0.3, 0.4) is 0 Å². The molecule has 0 aromatic carbocycles. The van der Waals surface area contributed by atoms with Gasteiger partial charge in [-0.05, 0) is 12.0 Å². The van der Waals surface area contributed by atoms with Crippen LogP contribution in [0.25, 0.3) is 0 Å². The van der Waals surface area contributed by atoms with Gasteiger partial charge in [0.2, 0.25) is 0 Å². The van der Waals surface area contributed by atoms with E-state index in [1.807, 2.05) is 20.8 Å². The van der Waals surface area contributed by atoms with Crippen molar-refractivity contribution in [1.29, 1.82) is 0 Å². The van der Waals surface area contributed by atoms with Crippen molar-refractivity contribution in [3.05, 3.63) is 28.5 Å². The zero-order valence-electron chi connectivity index (χ0n) is 10.2. The summed E-state index contributed by atoms with van der Waals surface area (Å²) in [6.45, 7) is 5.90. The van der Waals surface area contributed by atoms with Crippen molar-refractivity contribution in [3.63, 3.8) is 0 Å². The Morgan fingerprint density at radius 3 is 2.17 bits per heavy atom. The molecule has 1 heterocycles. The van der Waals surface area contributed by atoms with E-state index < -0.39 is 11.7 Å². The zero-order chi connectivity index (χ0) is 14.1. The summed E-state index contributed by atoms with van der Waals surface area (Å²) in [5, 5.41) is 0.0647. The summed E-state index contributed by atoms with van der Waals surface area (Å²) in [5.41, 5.74) is -0.315. The van der Waals surface area contributed by atoms with Gasteiger partial charge in [0.15, 0.2) is 0 Å². The van der Waals surface area contributed by atoms with Crippen molar-refractivity contribution in [2.24, 2.45) is 5.92 Å². The van der Waals surface area contributed by atoms with Crippen LogP contribution >= 0.6 is 27.5 Å². The summed E-state index contributed by atoms with van der Waals surface area (Å²) in [7, 11) is 0. The highest BCUT2D eigenvalue weighted by Gasteiger charge is 2.33. The highest BCUT2D eigenvalue weighted by atomic mass is 79.9. The Morgan fingerprint density at radius 1 is 1.28 bits per heavy atom. The van der Waals surface area contributed by atoms with Crippen molar-refractivity contribution in [2.75, 3.05) is 0 Å². The molecule has 0 saturated carbocycles. The quantitative estimate of drug-likeness (QED) is 0.680. The van der Waals surface area contributed by atoms with Gasteiger partial charge < -0.3 is 0 Å². The fourth-order valence-corrected chi connectivity index (χ4v) is 3.07. The highest BCUT2D eigenvalue weighted by molar-refractivity contribution is 9.09. The van der Waals surface area contributed by atoms with E-state index in [2.05, 4.69) is 20.9 Å². The molecule has 0 aliphatic rings. The number of nitrogens with zero attached hydrogens (tertiary/aromatic N) is 1. The second kappa shape index (κ2) is 5.78. The molecule has 0 radical (unpaired) electrons. The fraction of sp³-hybridized carbons (Fsp3) is 0.583. The Labute approximate surface area is 118 Å². The van der Waals surface area contributed by atoms with Gasteiger partial charge in [-0.1, -0.05) is 48.3 Å². The summed E-state index contributed by atoms with van der Waals surface area (Å²) < 4.78 is 37.5. The molecule has 0 spiro atoms. The maximum absolute atomic E-state index is 12.5. The number of halogens is 5. The highest BCUT2D eigenvalue weighted by Crippen LogP contribution is 2.37. The molecule has 1 nitrogen and oxygen atoms in total. The smallest absolute Gasteiger partial charge is 0.259 e. The lowest BCUT2D eigenvalue weighted by Crippen LogP contribution is -2.18. The molecule has 2 unspecified atom stereocenters. The lowest BCUT2D eigenvalue weighted by molar-refractivity contribution is -0.137. The van der Waals surface area contributed by atoms with E-state index in [-0.39, 0.29) is 21.7 Å². The zero-order valence-corrected chi connectivity index (χ0v) is 12.6. The lowest BCUT2D eigenvalue weighted by atomic mass is 9.89. The topological polar surface area (TPSA) is 12.9 Å². The van der Waals surface area contributed by atoms with Gasteiger partial charge in [-0.3, -0.25) is 4.98 Å². The third-order valence-electron chi connectivity index (χ3n) is 2.73. The van der Waals surface area contributed by atoms with Crippen molar-refractivity contribution in [3.8, 4) is 0 Å². The predicted octanol–water partition coefficient (Wildman–Crippen LogP) is 5.28. The van der Waals surface area contributed by atoms with E-state index in [0.717, 1.165) is 12.3 Å². The van der Waals surface area contributed by atoms with E-state index in [1.165, 1.54) is 0 Å². The molecule has 102 valence electrons. The summed E-state index contributed by atoms with van der Waals surface area (Å²) in [6, 6.07) is 0.939. The van der Waals surface area contributed by atoms with E-state index in [1.54, 1.807) is 0 Å². The van der Waals surface area contributed by atoms with Crippen LogP contribution in [0.4, 0.5) is 13.2 Å². The van der Waals surface area contributed by atoms with Crippen LogP contribution in [-0.2, 0) is 6.18 Å². The molecule has 0 bridgehead atoms. The number of rotatable bonds is 3. The molecule has 0 saturated heterocycles. The van der Waals surface area contributed by atoms with Gasteiger partial charge in [-0.2, -0.15) is 13.2 Å². The summed E-state index contributed by atoms with van der Waals surface area (Å²) in [6.07, 6.45) is -3.57. The Balaban J connectivity index is 3.20. The van der Waals surface area contributed by atoms with Crippen LogP contribution in [0.5, 0.6) is 0 Å². The molecule has 6 heteroatoms. The number of hydrogen-bond acceptors (Lipinski definition) is 1. The SMILES string of the molecule is CC(C)C(c1ncc(C(F)(F)F)cc1Cl)C(C)Br. The number of pyridine rings is 1. The third kappa shape index (κ3) is 3.60. The summed E-state index contributed by atoms with van der Waals surface area (Å²) in [4.78, 5) is 3.99. The maximum atomic E-state index is 12.5. The Bertz CT molecular complexity index is 410. The number of hydrogen-bond donors (Lipinski definition) is 0. The molecule has 0 aliphatic carbocycles. The molecule has 0 fully saturated rings. The van der Waals surface area contributed by atoms with Gasteiger partial charge in [-0.15, -0.1) is 0 Å². The maximum Gasteiger partial charge on any atom is 0.417 e. The van der Waals surface area contributed by atoms with Crippen LogP contribution in [0.2, 0.25) is 5.02 Å². The second-order valence-electron chi connectivity index (χ2n) is 4.54. The Morgan fingerprint density at radius 2 is 1.83 bits per heavy atom. The van der Waals surface area contributed by atoms with E-state index in [4.69, 9.17) is 11.6 Å². The monoisotopic (exact) mass is 343 g/mol. The second-order valence-corrected chi connectivity index (χ2v) is 6.39. The van der Waals surface area contributed by atoms with Crippen molar-refractivity contribution >= 4 is 27.5 Å². The first-order chi connectivity index (χ1) is 8.14. The number of aromatic nitrogens is 1. The fourth-order valence-electron chi connectivity index (χ4n) is 1.91. The standard InChI is InChI=1S/C12H14BrClF3N/c1-6(2)10(7(3)13)11-9(14)4-8(5-18-11)12(15,16)17/h4-7,10H,1-3H3. The first-order valence-electron chi connectivity index (χ1n) is 5.51. The van der Waals surface area contributed by atoms with Gasteiger partial charge >= 0.3 is 6.18 Å². The molecule has 0 amide bonds. The lowest BCUT2D eigenvalue weighted by Gasteiger charge is -2.24. The van der Waals surface area contributed by atoms with Crippen molar-refractivity contribution < 1.29 is 13.2 Å². The molecule has 18 heavy (non-hydrogen) atoms. The van der Waals surface area contributed by atoms with Crippen molar-refractivity contribution in [2.45, 2.75) is 37.7 Å². The minimum atomic E-state index is -4.41. The molecule has 1 aromatic heterocycles. The molecular weight excluding hydrogens is 330 g/mol. The van der Waals surface area contributed by atoms with Crippen LogP contribution in [0.15, 0.2) is 12.3 Å². The molecule has 0 N–H and O–H groups in total. The van der Waals surface area contributed by atoms with Crippen LogP contribution < -0.4 is 0 Å². The van der Waals surface area contributed by atoms with Crippen LogP contribution in [-0.4, -0.2) is 9.81 Å². The molecule has 0 aliphatic heterocycles. The average Bonchev–Trinajstić information content (AvgIpc) is 2.18. The summed E-state index contributed by atoms with van der Waals surface area (Å²) >= 11 is 9.38. The van der Waals surface area contributed by atoms with Gasteiger partial charge in [0, 0.05) is 16.9 Å². The molecule has 1 aromatic rings. The van der Waals surface area contributed by atoms with E-state index in [0.29, 0.717) is 5.69 Å². The van der Waals surface area contributed by atoms with Crippen molar-refractivity contribution in [1.82, 2.24) is 4.98 Å². The number of alkyl halides is 4. The van der Waals surface area contributed by atoms with Gasteiger partial charge in [0.25, 0.3) is 0 Å². The molecular formula is C12H14BrClF3N. The van der Waals surface area contributed by atoms with Gasteiger partial charge in [-0.25, -0.2) is 0 Å². The molecule has 1 rings (SSSR count). The van der Waals surface area contributed by atoms with E-state index >= 15 is 0 Å². The minimum absolute atomic E-state index is 0.0280. The first kappa shape index (κ1) is 15.8. The third-order valence-corrected chi connectivity index (χ3v) is 3.60. The van der Waals surface area contributed by atoms with Gasteiger partial charge in [0.1, 0.15) is 0 Å². The predicted molar refractivity (Wildman–Crippen MR) is 70.2 cm³/mol. The van der Waals surface area contributed by atoms with Gasteiger partial charge in [0.05, 0.1) is 16.3 Å². The largest absolute Gasteiger partial charge is 0.417 e. The summed E-state index contributed by atoms with van der Waals surface area (Å²) in [5.74, 6) is 0.195. The molecule has 2 atom stereocenters. The first-order valence-corrected chi connectivity index (χ1v) is 6.80. The van der Waals surface area contributed by atoms with Crippen LogP contribution in [0, 0.1) is 5.92 Å².